The van der Waals surface area contributed by atoms with E-state index in [1.807, 2.05) is 0 Å². The maximum absolute atomic E-state index is 5.79. The average molecular weight is 291 g/mol. The topological polar surface area (TPSA) is 9.23 Å². The van der Waals surface area contributed by atoms with Gasteiger partial charge in [0.15, 0.2) is 4.90 Å². The molecule has 1 aromatic carbocycles. The highest BCUT2D eigenvalue weighted by atomic mass is 32.2. The molecule has 2 bridgehead atoms. The minimum atomic E-state index is 0.525. The fraction of sp³-hybridized carbons (Fsp3) is 0.667. The first kappa shape index (κ1) is 14.3. The molecule has 0 spiro atoms. The molecule has 0 aromatic heterocycles. The Morgan fingerprint density at radius 3 is 2.15 bits per heavy atom. The van der Waals surface area contributed by atoms with E-state index in [1.165, 1.54) is 44.9 Å². The fourth-order valence-corrected chi connectivity index (χ4v) is 7.07. The lowest BCUT2D eigenvalue weighted by atomic mass is 9.99. The van der Waals surface area contributed by atoms with Crippen LogP contribution < -0.4 is 4.74 Å². The highest BCUT2D eigenvalue weighted by Gasteiger charge is 2.45. The minimum Gasteiger partial charge on any atom is -0.494 e. The van der Waals surface area contributed by atoms with Crippen LogP contribution in [0.3, 0.4) is 0 Å². The van der Waals surface area contributed by atoms with Crippen molar-refractivity contribution in [2.24, 2.45) is 0 Å². The highest BCUT2D eigenvalue weighted by molar-refractivity contribution is 7.98. The molecule has 2 aliphatic rings. The van der Waals surface area contributed by atoms with Crippen molar-refractivity contribution < 1.29 is 4.74 Å². The van der Waals surface area contributed by atoms with Gasteiger partial charge in [0.05, 0.1) is 6.61 Å². The fourth-order valence-electron chi connectivity index (χ4n) is 3.63. The number of benzene rings is 1. The van der Waals surface area contributed by atoms with Crippen LogP contribution in [-0.4, -0.2) is 17.1 Å². The molecular weight excluding hydrogens is 264 g/mol. The Morgan fingerprint density at radius 2 is 1.60 bits per heavy atom. The van der Waals surface area contributed by atoms with Crippen LogP contribution in [0.4, 0.5) is 0 Å². The summed E-state index contributed by atoms with van der Waals surface area (Å²) in [6.45, 7) is 3.06. The molecule has 110 valence electrons. The molecule has 0 atom stereocenters. The normalized spacial score (nSPS) is 29.1. The van der Waals surface area contributed by atoms with Crippen LogP contribution in [0, 0.1) is 0 Å². The minimum absolute atomic E-state index is 0.525. The molecule has 2 heteroatoms. The molecule has 3 rings (SSSR count). The molecule has 0 amide bonds. The van der Waals surface area contributed by atoms with Crippen molar-refractivity contribution in [2.45, 2.75) is 73.7 Å². The summed E-state index contributed by atoms with van der Waals surface area (Å²) in [6.07, 6.45) is 11.2. The molecule has 1 aromatic rings. The van der Waals surface area contributed by atoms with Gasteiger partial charge in [0.1, 0.15) is 16.2 Å². The van der Waals surface area contributed by atoms with E-state index in [-0.39, 0.29) is 0 Å². The summed E-state index contributed by atoms with van der Waals surface area (Å²) in [5, 5.41) is 1.96. The van der Waals surface area contributed by atoms with Crippen LogP contribution in [0.25, 0.3) is 0 Å². The Morgan fingerprint density at radius 1 is 1.00 bits per heavy atom. The zero-order chi connectivity index (χ0) is 13.8. The van der Waals surface area contributed by atoms with Crippen molar-refractivity contribution in [2.75, 3.05) is 6.61 Å². The number of hydrogen-bond acceptors (Lipinski definition) is 1. The van der Waals surface area contributed by atoms with E-state index >= 15 is 0 Å². The average Bonchev–Trinajstić information content (AvgIpc) is 2.47. The maximum Gasteiger partial charge on any atom is 0.155 e. The Kier molecular flexibility index (Phi) is 4.93. The number of hydrogen-bond donors (Lipinski definition) is 0. The van der Waals surface area contributed by atoms with Gasteiger partial charge in [-0.3, -0.25) is 0 Å². The standard InChI is InChI=1S/C18H27OS/c1-2-3-14-19-15-10-12-18(13-11-15)20-16-6-4-7-17(20)9-5-8-16/h10-13,16-17H,2-9,14H2,1H3/q+1. The summed E-state index contributed by atoms with van der Waals surface area (Å²) >= 11 is 0. The third kappa shape index (κ3) is 3.16. The number of fused-ring (bicyclic) bond motifs is 2. The molecule has 2 fully saturated rings. The molecule has 2 heterocycles. The summed E-state index contributed by atoms with van der Waals surface area (Å²) in [6, 6.07) is 9.09. The maximum atomic E-state index is 5.79. The molecule has 20 heavy (non-hydrogen) atoms. The second-order valence-electron chi connectivity index (χ2n) is 6.15. The Labute approximate surface area is 126 Å². The summed E-state index contributed by atoms with van der Waals surface area (Å²) in [4.78, 5) is 1.60. The first-order valence-corrected chi connectivity index (χ1v) is 9.68. The zero-order valence-electron chi connectivity index (χ0n) is 12.6. The number of rotatable bonds is 5. The number of ether oxygens (including phenoxy) is 1. The Balaban J connectivity index is 1.67. The van der Waals surface area contributed by atoms with Gasteiger partial charge in [-0.1, -0.05) is 13.3 Å². The van der Waals surface area contributed by atoms with Gasteiger partial charge >= 0.3 is 0 Å². The summed E-state index contributed by atoms with van der Waals surface area (Å²) in [7, 11) is 0.525. The van der Waals surface area contributed by atoms with Gasteiger partial charge in [-0.15, -0.1) is 0 Å². The smallest absolute Gasteiger partial charge is 0.155 e. The van der Waals surface area contributed by atoms with Gasteiger partial charge in [0.2, 0.25) is 0 Å². The Bertz CT molecular complexity index is 392. The molecule has 1 nitrogen and oxygen atoms in total. The van der Waals surface area contributed by atoms with Crippen LogP contribution in [0.1, 0.15) is 58.3 Å². The zero-order valence-corrected chi connectivity index (χ0v) is 13.5. The number of unbranched alkanes of at least 4 members (excludes halogenated alkanes) is 1. The first-order chi connectivity index (χ1) is 9.88. The molecule has 2 aliphatic heterocycles. The lowest BCUT2D eigenvalue weighted by molar-refractivity contribution is 0.309. The van der Waals surface area contributed by atoms with Gasteiger partial charge in [0, 0.05) is 10.9 Å². The van der Waals surface area contributed by atoms with Crippen LogP contribution in [0.15, 0.2) is 29.2 Å². The van der Waals surface area contributed by atoms with E-state index in [0.717, 1.165) is 29.3 Å². The Hall–Kier alpha value is -0.630. The second-order valence-corrected chi connectivity index (χ2v) is 8.70. The molecule has 0 saturated carbocycles. The van der Waals surface area contributed by atoms with Crippen molar-refractivity contribution in [1.82, 2.24) is 0 Å². The largest absolute Gasteiger partial charge is 0.494 e. The summed E-state index contributed by atoms with van der Waals surface area (Å²) < 4.78 is 5.79. The first-order valence-electron chi connectivity index (χ1n) is 8.33. The van der Waals surface area contributed by atoms with Crippen molar-refractivity contribution in [3.05, 3.63) is 24.3 Å². The van der Waals surface area contributed by atoms with E-state index in [9.17, 15) is 0 Å². The van der Waals surface area contributed by atoms with Crippen molar-refractivity contribution in [3.8, 4) is 5.75 Å². The van der Waals surface area contributed by atoms with Gasteiger partial charge in [-0.05, 0) is 69.2 Å². The highest BCUT2D eigenvalue weighted by Crippen LogP contribution is 2.42. The van der Waals surface area contributed by atoms with Crippen LogP contribution in [-0.2, 0) is 10.9 Å². The molecule has 0 aliphatic carbocycles. The second kappa shape index (κ2) is 6.89. The van der Waals surface area contributed by atoms with E-state index in [4.69, 9.17) is 4.74 Å². The van der Waals surface area contributed by atoms with Gasteiger partial charge in [-0.25, -0.2) is 0 Å². The van der Waals surface area contributed by atoms with Crippen LogP contribution in [0.5, 0.6) is 5.75 Å². The third-order valence-corrected chi connectivity index (χ3v) is 7.88. The molecule has 0 unspecified atom stereocenters. The third-order valence-electron chi connectivity index (χ3n) is 4.69. The SMILES string of the molecule is CCCCOc1ccc([S+]2C3CCCC2CCC3)cc1. The van der Waals surface area contributed by atoms with Crippen molar-refractivity contribution in [3.63, 3.8) is 0 Å². The van der Waals surface area contributed by atoms with Gasteiger partial charge in [-0.2, -0.15) is 0 Å². The van der Waals surface area contributed by atoms with E-state index in [1.54, 1.807) is 4.90 Å². The molecule has 0 N–H and O–H groups in total. The lowest BCUT2D eigenvalue weighted by Gasteiger charge is -2.34. The molecule has 0 radical (unpaired) electrons. The molecule has 2 saturated heterocycles. The van der Waals surface area contributed by atoms with E-state index in [2.05, 4.69) is 31.2 Å². The molecular formula is C18H27OS+. The predicted octanol–water partition coefficient (Wildman–Crippen LogP) is 4.95. The summed E-state index contributed by atoms with van der Waals surface area (Å²) in [5.41, 5.74) is 0. The van der Waals surface area contributed by atoms with Crippen LogP contribution >= 0.6 is 0 Å². The van der Waals surface area contributed by atoms with Crippen molar-refractivity contribution in [1.29, 1.82) is 0 Å². The van der Waals surface area contributed by atoms with Gasteiger partial charge < -0.3 is 4.74 Å². The van der Waals surface area contributed by atoms with E-state index in [0.29, 0.717) is 10.9 Å². The summed E-state index contributed by atoms with van der Waals surface area (Å²) in [5.74, 6) is 1.05. The monoisotopic (exact) mass is 291 g/mol. The predicted molar refractivity (Wildman–Crippen MR) is 87.8 cm³/mol. The van der Waals surface area contributed by atoms with Crippen molar-refractivity contribution >= 4 is 10.9 Å². The quantitative estimate of drug-likeness (QED) is 0.551. The lowest BCUT2D eigenvalue weighted by Crippen LogP contribution is -2.40. The van der Waals surface area contributed by atoms with Crippen LogP contribution in [0.2, 0.25) is 0 Å². The van der Waals surface area contributed by atoms with Gasteiger partial charge in [0.25, 0.3) is 0 Å². The van der Waals surface area contributed by atoms with E-state index < -0.39 is 0 Å².